The fraction of sp³-hybridized carbons (Fsp3) is 0.292. The van der Waals surface area contributed by atoms with Gasteiger partial charge in [-0.1, -0.05) is 6.07 Å². The van der Waals surface area contributed by atoms with Crippen LogP contribution in [0.3, 0.4) is 0 Å². The Hall–Kier alpha value is -4.42. The number of halogens is 3. The molecule has 3 aromatic rings. The van der Waals surface area contributed by atoms with Crippen LogP contribution in [0.25, 0.3) is 0 Å². The second-order valence-electron chi connectivity index (χ2n) is 8.61. The highest BCUT2D eigenvalue weighted by molar-refractivity contribution is 6.00. The van der Waals surface area contributed by atoms with Crippen molar-refractivity contribution in [3.63, 3.8) is 0 Å². The van der Waals surface area contributed by atoms with Crippen LogP contribution < -0.4 is 14.8 Å². The van der Waals surface area contributed by atoms with Crippen LogP contribution in [-0.2, 0) is 11.0 Å². The standard InChI is InChI=1S/C24H20F3N5O5/c1-36-18-8-5-13(11-19(18)37-2)14-9-16-20(17(33)10-14)21(12-3-6-15(7-4-12)32(34)35)31-23(28-16)29-22(30-31)24(25,26)27/h3-8,11,14,21H,9-10H2,1-2H3,(H,28,29,30)/t14-,21-/m1/s1. The Morgan fingerprint density at radius 2 is 1.73 bits per heavy atom. The summed E-state index contributed by atoms with van der Waals surface area (Å²) in [6, 6.07) is 9.56. The van der Waals surface area contributed by atoms with Gasteiger partial charge in [-0.3, -0.25) is 14.9 Å². The number of fused-ring (bicyclic) bond motifs is 1. The maximum atomic E-state index is 13.5. The van der Waals surface area contributed by atoms with Crippen LogP contribution in [0.15, 0.2) is 53.7 Å². The first-order chi connectivity index (χ1) is 17.6. The Kier molecular flexibility index (Phi) is 5.85. The highest BCUT2D eigenvalue weighted by Gasteiger charge is 2.43. The van der Waals surface area contributed by atoms with E-state index in [1.807, 2.05) is 6.07 Å². The van der Waals surface area contributed by atoms with E-state index in [4.69, 9.17) is 9.47 Å². The summed E-state index contributed by atoms with van der Waals surface area (Å²) < 4.78 is 52.1. The summed E-state index contributed by atoms with van der Waals surface area (Å²) in [5.74, 6) is -1.09. The van der Waals surface area contributed by atoms with Gasteiger partial charge in [0.2, 0.25) is 5.95 Å². The minimum absolute atomic E-state index is 0.0929. The number of methoxy groups -OCH3 is 2. The molecule has 0 spiro atoms. The number of carbonyl (C=O) groups excluding carboxylic acids is 1. The molecule has 2 atom stereocenters. The number of alkyl halides is 3. The number of rotatable bonds is 5. The lowest BCUT2D eigenvalue weighted by Gasteiger charge is -2.35. The van der Waals surface area contributed by atoms with Gasteiger partial charge in [-0.2, -0.15) is 18.2 Å². The first-order valence-corrected chi connectivity index (χ1v) is 11.1. The Bertz CT molecular complexity index is 1430. The van der Waals surface area contributed by atoms with Crippen LogP contribution in [0.4, 0.5) is 24.8 Å². The third-order valence-corrected chi connectivity index (χ3v) is 6.47. The van der Waals surface area contributed by atoms with Crippen molar-refractivity contribution in [1.29, 1.82) is 0 Å². The van der Waals surface area contributed by atoms with Gasteiger partial charge >= 0.3 is 6.18 Å². The molecule has 5 rings (SSSR count). The predicted octanol–water partition coefficient (Wildman–Crippen LogP) is 4.64. The van der Waals surface area contributed by atoms with Crippen molar-refractivity contribution < 1.29 is 32.4 Å². The predicted molar refractivity (Wildman–Crippen MR) is 123 cm³/mol. The molecule has 2 heterocycles. The monoisotopic (exact) mass is 515 g/mol. The smallest absolute Gasteiger partial charge is 0.453 e. The van der Waals surface area contributed by atoms with Crippen molar-refractivity contribution in [3.05, 3.63) is 80.8 Å². The van der Waals surface area contributed by atoms with Crippen LogP contribution >= 0.6 is 0 Å². The van der Waals surface area contributed by atoms with Gasteiger partial charge in [0.25, 0.3) is 11.5 Å². The number of nitrogens with one attached hydrogen (secondary N) is 1. The van der Waals surface area contributed by atoms with Crippen molar-refractivity contribution in [3.8, 4) is 11.5 Å². The number of nitrogens with zero attached hydrogens (tertiary/aromatic N) is 4. The molecule has 1 aliphatic heterocycles. The lowest BCUT2D eigenvalue weighted by atomic mass is 9.78. The lowest BCUT2D eigenvalue weighted by Crippen LogP contribution is -2.33. The molecule has 0 saturated heterocycles. The molecule has 0 amide bonds. The second-order valence-corrected chi connectivity index (χ2v) is 8.61. The molecule has 2 aliphatic rings. The molecule has 0 bridgehead atoms. The summed E-state index contributed by atoms with van der Waals surface area (Å²) in [7, 11) is 3.01. The number of aromatic nitrogens is 3. The number of nitro groups is 1. The van der Waals surface area contributed by atoms with E-state index in [9.17, 15) is 28.1 Å². The molecule has 192 valence electrons. The van der Waals surface area contributed by atoms with Crippen molar-refractivity contribution in [2.24, 2.45) is 0 Å². The van der Waals surface area contributed by atoms with Gasteiger partial charge in [0.1, 0.15) is 6.04 Å². The van der Waals surface area contributed by atoms with E-state index in [-0.39, 0.29) is 35.3 Å². The SMILES string of the molecule is COc1ccc([C@H]2CC(=O)C3=C(C2)Nc2nc(C(F)(F)F)nn2[C@@H]3c2ccc([N+](=O)[O-])cc2)cc1OC. The molecule has 1 aromatic heterocycles. The van der Waals surface area contributed by atoms with Crippen LogP contribution in [0.2, 0.25) is 0 Å². The maximum Gasteiger partial charge on any atom is 0.453 e. The second kappa shape index (κ2) is 8.91. The van der Waals surface area contributed by atoms with E-state index >= 15 is 0 Å². The molecule has 0 unspecified atom stereocenters. The van der Waals surface area contributed by atoms with Gasteiger partial charge in [0.15, 0.2) is 17.3 Å². The molecule has 37 heavy (non-hydrogen) atoms. The maximum absolute atomic E-state index is 13.5. The van der Waals surface area contributed by atoms with Gasteiger partial charge in [-0.15, -0.1) is 5.10 Å². The zero-order valence-corrected chi connectivity index (χ0v) is 19.6. The summed E-state index contributed by atoms with van der Waals surface area (Å²) in [4.78, 5) is 27.7. The zero-order valence-electron chi connectivity index (χ0n) is 19.6. The van der Waals surface area contributed by atoms with Gasteiger partial charge < -0.3 is 14.8 Å². The van der Waals surface area contributed by atoms with Crippen molar-refractivity contribution in [1.82, 2.24) is 14.8 Å². The molecule has 13 heteroatoms. The van der Waals surface area contributed by atoms with E-state index in [0.29, 0.717) is 29.2 Å². The van der Waals surface area contributed by atoms with E-state index in [0.717, 1.165) is 10.2 Å². The normalized spacial score (nSPS) is 19.1. The van der Waals surface area contributed by atoms with E-state index in [1.165, 1.54) is 38.5 Å². The molecular formula is C24H20F3N5O5. The number of hydrogen-bond acceptors (Lipinski definition) is 8. The fourth-order valence-corrected chi connectivity index (χ4v) is 4.76. The minimum Gasteiger partial charge on any atom is -0.493 e. The average molecular weight is 515 g/mol. The van der Waals surface area contributed by atoms with Crippen molar-refractivity contribution in [2.45, 2.75) is 31.0 Å². The molecule has 10 nitrogen and oxygen atoms in total. The first-order valence-electron chi connectivity index (χ1n) is 11.1. The lowest BCUT2D eigenvalue weighted by molar-refractivity contribution is -0.384. The van der Waals surface area contributed by atoms with E-state index in [2.05, 4.69) is 15.4 Å². The number of ketones is 1. The first kappa shape index (κ1) is 24.3. The largest absolute Gasteiger partial charge is 0.493 e. The fourth-order valence-electron chi connectivity index (χ4n) is 4.76. The topological polar surface area (TPSA) is 121 Å². The highest BCUT2D eigenvalue weighted by atomic mass is 19.4. The highest BCUT2D eigenvalue weighted by Crippen LogP contribution is 2.46. The van der Waals surface area contributed by atoms with Crippen molar-refractivity contribution >= 4 is 17.4 Å². The third kappa shape index (κ3) is 4.26. The quantitative estimate of drug-likeness (QED) is 0.385. The summed E-state index contributed by atoms with van der Waals surface area (Å²) in [6.07, 6.45) is -4.40. The van der Waals surface area contributed by atoms with Gasteiger partial charge in [0.05, 0.1) is 19.1 Å². The molecule has 1 aliphatic carbocycles. The number of hydrogen-bond donors (Lipinski definition) is 1. The number of Topliss-reactive ketones (excluding diaryl/α,β-unsaturated/α-hetero) is 1. The number of non-ortho nitro benzene ring substituents is 1. The Labute approximate surface area is 207 Å². The Morgan fingerprint density at radius 3 is 2.35 bits per heavy atom. The van der Waals surface area contributed by atoms with E-state index < -0.39 is 23.0 Å². The average Bonchev–Trinajstić information content (AvgIpc) is 3.31. The number of nitro benzene ring substituents is 1. The van der Waals surface area contributed by atoms with Crippen LogP contribution in [0, 0.1) is 10.1 Å². The van der Waals surface area contributed by atoms with Crippen LogP contribution in [0.1, 0.15) is 41.8 Å². The molecule has 0 radical (unpaired) electrons. The van der Waals surface area contributed by atoms with Gasteiger partial charge in [-0.25, -0.2) is 4.68 Å². The van der Waals surface area contributed by atoms with Crippen LogP contribution in [-0.4, -0.2) is 39.7 Å². The Morgan fingerprint density at radius 1 is 1.05 bits per heavy atom. The molecule has 0 fully saturated rings. The third-order valence-electron chi connectivity index (χ3n) is 6.47. The molecule has 1 N–H and O–H groups in total. The van der Waals surface area contributed by atoms with Crippen molar-refractivity contribution in [2.75, 3.05) is 19.5 Å². The molecule has 2 aromatic carbocycles. The number of ether oxygens (including phenoxy) is 2. The van der Waals surface area contributed by atoms with Crippen LogP contribution in [0.5, 0.6) is 11.5 Å². The number of carbonyl (C=O) groups is 1. The summed E-state index contributed by atoms with van der Waals surface area (Å²) in [5, 5.41) is 17.6. The van der Waals surface area contributed by atoms with Gasteiger partial charge in [-0.05, 0) is 47.7 Å². The number of benzene rings is 2. The molecule has 0 saturated carbocycles. The minimum atomic E-state index is -4.81. The van der Waals surface area contributed by atoms with E-state index in [1.54, 1.807) is 12.1 Å². The number of anilines is 1. The number of allylic oxidation sites excluding steroid dienone is 2. The summed E-state index contributed by atoms with van der Waals surface area (Å²) in [6.45, 7) is 0. The Balaban J connectivity index is 1.59. The summed E-state index contributed by atoms with van der Waals surface area (Å²) >= 11 is 0. The zero-order chi connectivity index (χ0) is 26.5. The summed E-state index contributed by atoms with van der Waals surface area (Å²) in [5.41, 5.74) is 1.65. The van der Waals surface area contributed by atoms with Gasteiger partial charge in [0, 0.05) is 29.8 Å². The molecular weight excluding hydrogens is 495 g/mol.